The number of benzene rings is 1. The van der Waals surface area contributed by atoms with Crippen molar-refractivity contribution in [3.63, 3.8) is 0 Å². The molecule has 110 valence electrons. The maximum absolute atomic E-state index is 11.9. The first-order valence-electron chi connectivity index (χ1n) is 6.85. The molecule has 1 rings (SSSR count). The molecule has 0 heterocycles. The number of nitrogens with one attached hydrogen (secondary N) is 2. The van der Waals surface area contributed by atoms with Crippen LogP contribution in [-0.4, -0.2) is 30.1 Å². The van der Waals surface area contributed by atoms with Crippen molar-refractivity contribution in [2.24, 2.45) is 5.92 Å². The van der Waals surface area contributed by atoms with Gasteiger partial charge in [0.1, 0.15) is 0 Å². The van der Waals surface area contributed by atoms with Gasteiger partial charge in [-0.05, 0) is 30.7 Å². The number of aliphatic carboxylic acids is 1. The summed E-state index contributed by atoms with van der Waals surface area (Å²) in [6, 6.07) is 7.28. The largest absolute Gasteiger partial charge is 0.481 e. The summed E-state index contributed by atoms with van der Waals surface area (Å²) in [6.45, 7) is 5.37. The number of rotatable bonds is 8. The summed E-state index contributed by atoms with van der Waals surface area (Å²) in [4.78, 5) is 22.4. The van der Waals surface area contributed by atoms with Crippen LogP contribution in [0.15, 0.2) is 24.3 Å². The molecule has 0 bridgehead atoms. The Labute approximate surface area is 119 Å². The number of carbonyl (C=O) groups excluding carboxylic acids is 1. The standard InChI is InChI=1S/C15H22N2O3/c1-3-16-10-11(2)15(20)17-13-7-4-12(5-8-13)6-9-14(18)19/h4-5,7-8,11,16H,3,6,9-10H2,1-2H3,(H,17,20)(H,18,19). The van der Waals surface area contributed by atoms with Crippen LogP contribution in [0.25, 0.3) is 0 Å². The van der Waals surface area contributed by atoms with E-state index in [1.165, 1.54) is 0 Å². The first-order chi connectivity index (χ1) is 9.52. The van der Waals surface area contributed by atoms with Crippen LogP contribution in [-0.2, 0) is 16.0 Å². The van der Waals surface area contributed by atoms with Crippen LogP contribution in [0.4, 0.5) is 5.69 Å². The fourth-order valence-electron chi connectivity index (χ4n) is 1.73. The van der Waals surface area contributed by atoms with E-state index in [0.717, 1.165) is 17.8 Å². The highest BCUT2D eigenvalue weighted by molar-refractivity contribution is 5.92. The molecular formula is C15H22N2O3. The molecule has 1 amide bonds. The van der Waals surface area contributed by atoms with Gasteiger partial charge in [0, 0.05) is 24.6 Å². The zero-order valence-electron chi connectivity index (χ0n) is 12.0. The van der Waals surface area contributed by atoms with E-state index in [-0.39, 0.29) is 18.2 Å². The Morgan fingerprint density at radius 3 is 2.45 bits per heavy atom. The lowest BCUT2D eigenvalue weighted by molar-refractivity contribution is -0.137. The molecule has 3 N–H and O–H groups in total. The number of amides is 1. The quantitative estimate of drug-likeness (QED) is 0.678. The average molecular weight is 278 g/mol. The monoisotopic (exact) mass is 278 g/mol. The van der Waals surface area contributed by atoms with Crippen LogP contribution in [0.3, 0.4) is 0 Å². The Balaban J connectivity index is 2.48. The molecule has 1 atom stereocenters. The molecule has 0 spiro atoms. The molecule has 0 radical (unpaired) electrons. The second kappa shape index (κ2) is 8.32. The second-order valence-corrected chi connectivity index (χ2v) is 4.79. The van der Waals surface area contributed by atoms with Gasteiger partial charge >= 0.3 is 5.97 Å². The van der Waals surface area contributed by atoms with Gasteiger partial charge in [0.15, 0.2) is 0 Å². The SMILES string of the molecule is CCNCC(C)C(=O)Nc1ccc(CCC(=O)O)cc1. The Morgan fingerprint density at radius 1 is 1.25 bits per heavy atom. The van der Waals surface area contributed by atoms with E-state index in [2.05, 4.69) is 10.6 Å². The Bertz CT molecular complexity index is 443. The molecule has 0 aliphatic carbocycles. The van der Waals surface area contributed by atoms with Crippen LogP contribution in [0.5, 0.6) is 0 Å². The Morgan fingerprint density at radius 2 is 1.90 bits per heavy atom. The van der Waals surface area contributed by atoms with Gasteiger partial charge in [0.25, 0.3) is 0 Å². The van der Waals surface area contributed by atoms with Crippen molar-refractivity contribution in [2.75, 3.05) is 18.4 Å². The van der Waals surface area contributed by atoms with Crippen molar-refractivity contribution < 1.29 is 14.7 Å². The number of carboxylic acid groups (broad SMARTS) is 1. The van der Waals surface area contributed by atoms with E-state index >= 15 is 0 Å². The number of hydrogen-bond acceptors (Lipinski definition) is 3. The summed E-state index contributed by atoms with van der Waals surface area (Å²) in [5.74, 6) is -0.925. The molecular weight excluding hydrogens is 256 g/mol. The third kappa shape index (κ3) is 5.84. The minimum atomic E-state index is -0.806. The molecule has 20 heavy (non-hydrogen) atoms. The molecule has 0 fully saturated rings. The number of hydrogen-bond donors (Lipinski definition) is 3. The van der Waals surface area contributed by atoms with Gasteiger partial charge in [-0.25, -0.2) is 0 Å². The summed E-state index contributed by atoms with van der Waals surface area (Å²) in [5, 5.41) is 14.6. The van der Waals surface area contributed by atoms with Gasteiger partial charge in [0.05, 0.1) is 0 Å². The summed E-state index contributed by atoms with van der Waals surface area (Å²) in [7, 11) is 0. The molecule has 5 nitrogen and oxygen atoms in total. The maximum Gasteiger partial charge on any atom is 0.303 e. The zero-order chi connectivity index (χ0) is 15.0. The molecule has 5 heteroatoms. The Hall–Kier alpha value is -1.88. The molecule has 0 saturated carbocycles. The number of carboxylic acids is 1. The first kappa shape index (κ1) is 16.2. The molecule has 1 aromatic rings. The average Bonchev–Trinajstić information content (AvgIpc) is 2.43. The molecule has 0 saturated heterocycles. The van der Waals surface area contributed by atoms with Crippen LogP contribution in [0.2, 0.25) is 0 Å². The lowest BCUT2D eigenvalue weighted by Gasteiger charge is -2.12. The number of aryl methyl sites for hydroxylation is 1. The van der Waals surface area contributed by atoms with Crippen LogP contribution < -0.4 is 10.6 Å². The van der Waals surface area contributed by atoms with Crippen molar-refractivity contribution in [3.8, 4) is 0 Å². The van der Waals surface area contributed by atoms with Gasteiger partial charge in [-0.2, -0.15) is 0 Å². The minimum absolute atomic E-state index is 0.0239. The number of anilines is 1. The van der Waals surface area contributed by atoms with Crippen molar-refractivity contribution >= 4 is 17.6 Å². The lowest BCUT2D eigenvalue weighted by atomic mass is 10.1. The smallest absolute Gasteiger partial charge is 0.303 e. The normalized spacial score (nSPS) is 11.9. The molecule has 0 aliphatic heterocycles. The Kier molecular flexibility index (Phi) is 6.73. The van der Waals surface area contributed by atoms with Gasteiger partial charge in [-0.1, -0.05) is 26.0 Å². The van der Waals surface area contributed by atoms with E-state index in [9.17, 15) is 9.59 Å². The first-order valence-corrected chi connectivity index (χ1v) is 6.85. The fourth-order valence-corrected chi connectivity index (χ4v) is 1.73. The van der Waals surface area contributed by atoms with Crippen LogP contribution in [0, 0.1) is 5.92 Å². The highest BCUT2D eigenvalue weighted by atomic mass is 16.4. The highest BCUT2D eigenvalue weighted by Gasteiger charge is 2.12. The van der Waals surface area contributed by atoms with Gasteiger partial charge in [-0.3, -0.25) is 9.59 Å². The zero-order valence-corrected chi connectivity index (χ0v) is 12.0. The van der Waals surface area contributed by atoms with Gasteiger partial charge < -0.3 is 15.7 Å². The van der Waals surface area contributed by atoms with E-state index in [4.69, 9.17) is 5.11 Å². The van der Waals surface area contributed by atoms with Crippen molar-refractivity contribution in [3.05, 3.63) is 29.8 Å². The molecule has 0 aliphatic rings. The highest BCUT2D eigenvalue weighted by Crippen LogP contribution is 2.12. The summed E-state index contributed by atoms with van der Waals surface area (Å²) in [5.41, 5.74) is 1.68. The second-order valence-electron chi connectivity index (χ2n) is 4.79. The van der Waals surface area contributed by atoms with Crippen LogP contribution >= 0.6 is 0 Å². The van der Waals surface area contributed by atoms with Crippen molar-refractivity contribution in [1.29, 1.82) is 0 Å². The van der Waals surface area contributed by atoms with E-state index < -0.39 is 5.97 Å². The number of carbonyl (C=O) groups is 2. The third-order valence-electron chi connectivity index (χ3n) is 3.00. The fraction of sp³-hybridized carbons (Fsp3) is 0.467. The molecule has 1 unspecified atom stereocenters. The maximum atomic E-state index is 11.9. The summed E-state index contributed by atoms with van der Waals surface area (Å²) < 4.78 is 0. The predicted octanol–water partition coefficient (Wildman–Crippen LogP) is 1.89. The topological polar surface area (TPSA) is 78.4 Å². The van der Waals surface area contributed by atoms with Gasteiger partial charge in [-0.15, -0.1) is 0 Å². The van der Waals surface area contributed by atoms with E-state index in [1.807, 2.05) is 26.0 Å². The third-order valence-corrected chi connectivity index (χ3v) is 3.00. The van der Waals surface area contributed by atoms with Crippen LogP contribution in [0.1, 0.15) is 25.8 Å². The lowest BCUT2D eigenvalue weighted by Crippen LogP contribution is -2.30. The molecule has 1 aromatic carbocycles. The van der Waals surface area contributed by atoms with Crippen molar-refractivity contribution in [1.82, 2.24) is 5.32 Å². The van der Waals surface area contributed by atoms with Crippen molar-refractivity contribution in [2.45, 2.75) is 26.7 Å². The molecule has 0 aromatic heterocycles. The minimum Gasteiger partial charge on any atom is -0.481 e. The van der Waals surface area contributed by atoms with E-state index in [1.54, 1.807) is 12.1 Å². The van der Waals surface area contributed by atoms with Gasteiger partial charge in [0.2, 0.25) is 5.91 Å². The summed E-state index contributed by atoms with van der Waals surface area (Å²) >= 11 is 0. The predicted molar refractivity (Wildman–Crippen MR) is 78.7 cm³/mol. The summed E-state index contributed by atoms with van der Waals surface area (Å²) in [6.07, 6.45) is 0.617. The van der Waals surface area contributed by atoms with E-state index in [0.29, 0.717) is 13.0 Å².